The summed E-state index contributed by atoms with van der Waals surface area (Å²) in [6.07, 6.45) is 3.15. The maximum absolute atomic E-state index is 12.1. The minimum Gasteiger partial charge on any atom is -0.368 e. The molecule has 0 radical (unpaired) electrons. The Morgan fingerprint density at radius 2 is 2.00 bits per heavy atom. The highest BCUT2D eigenvalue weighted by molar-refractivity contribution is 5.99. The summed E-state index contributed by atoms with van der Waals surface area (Å²) in [4.78, 5) is 23.6. The van der Waals surface area contributed by atoms with Crippen LogP contribution in [0.2, 0.25) is 0 Å². The standard InChI is InChI=1S/C14H20N2O2/c1-13(2)7-10-9(11(17)8-13)5-6-16(10)14(3,4)12(15)18/h5-6H,7-8H2,1-4H3,(H2,15,18). The maximum Gasteiger partial charge on any atom is 0.243 e. The highest BCUT2D eigenvalue weighted by atomic mass is 16.1. The first-order chi connectivity index (χ1) is 8.15. The smallest absolute Gasteiger partial charge is 0.243 e. The number of fused-ring (bicyclic) bond motifs is 1. The molecule has 18 heavy (non-hydrogen) atoms. The van der Waals surface area contributed by atoms with Gasteiger partial charge in [0.25, 0.3) is 0 Å². The minimum atomic E-state index is -0.804. The lowest BCUT2D eigenvalue weighted by Crippen LogP contribution is -2.43. The molecule has 2 rings (SSSR count). The molecule has 0 saturated carbocycles. The summed E-state index contributed by atoms with van der Waals surface area (Å²) >= 11 is 0. The van der Waals surface area contributed by atoms with Crippen LogP contribution in [-0.4, -0.2) is 16.3 Å². The van der Waals surface area contributed by atoms with E-state index in [9.17, 15) is 9.59 Å². The number of ketones is 1. The quantitative estimate of drug-likeness (QED) is 0.868. The van der Waals surface area contributed by atoms with Gasteiger partial charge >= 0.3 is 0 Å². The number of rotatable bonds is 2. The van der Waals surface area contributed by atoms with Crippen LogP contribution >= 0.6 is 0 Å². The average Bonchev–Trinajstić information content (AvgIpc) is 2.59. The minimum absolute atomic E-state index is 0.0616. The molecule has 0 unspecified atom stereocenters. The number of primary amides is 1. The molecule has 0 bridgehead atoms. The second kappa shape index (κ2) is 3.70. The Morgan fingerprint density at radius 1 is 1.39 bits per heavy atom. The fraction of sp³-hybridized carbons (Fsp3) is 0.571. The van der Waals surface area contributed by atoms with Gasteiger partial charge in [-0.05, 0) is 31.7 Å². The molecule has 4 heteroatoms. The van der Waals surface area contributed by atoms with E-state index in [-0.39, 0.29) is 11.2 Å². The van der Waals surface area contributed by atoms with Crippen LogP contribution in [0.3, 0.4) is 0 Å². The number of nitrogens with zero attached hydrogens (tertiary/aromatic N) is 1. The number of Topliss-reactive ketones (excluding diaryl/α,β-unsaturated/α-hetero) is 1. The zero-order valence-electron chi connectivity index (χ0n) is 11.4. The highest BCUT2D eigenvalue weighted by Crippen LogP contribution is 2.37. The number of aromatic nitrogens is 1. The van der Waals surface area contributed by atoms with Gasteiger partial charge in [-0.1, -0.05) is 13.8 Å². The third-order valence-corrected chi connectivity index (χ3v) is 3.78. The Balaban J connectivity index is 2.56. The number of carbonyl (C=O) groups is 2. The summed E-state index contributed by atoms with van der Waals surface area (Å²) in [5.74, 6) is -0.239. The molecule has 0 fully saturated rings. The first-order valence-corrected chi connectivity index (χ1v) is 6.19. The number of amides is 1. The second-order valence-corrected chi connectivity index (χ2v) is 6.41. The summed E-state index contributed by atoms with van der Waals surface area (Å²) in [7, 11) is 0. The predicted octanol–water partition coefficient (Wildman–Crippen LogP) is 1.86. The van der Waals surface area contributed by atoms with Crippen LogP contribution in [0.25, 0.3) is 0 Å². The SMILES string of the molecule is CC1(C)CC(=O)c2ccn(C(C)(C)C(N)=O)c2C1. The van der Waals surface area contributed by atoms with E-state index in [0.717, 1.165) is 17.7 Å². The van der Waals surface area contributed by atoms with Gasteiger partial charge in [0.05, 0.1) is 0 Å². The van der Waals surface area contributed by atoms with Gasteiger partial charge in [0.2, 0.25) is 5.91 Å². The van der Waals surface area contributed by atoms with E-state index in [2.05, 4.69) is 13.8 Å². The van der Waals surface area contributed by atoms with Crippen molar-refractivity contribution in [3.05, 3.63) is 23.5 Å². The Bertz CT molecular complexity index is 524. The van der Waals surface area contributed by atoms with Crippen LogP contribution < -0.4 is 5.73 Å². The van der Waals surface area contributed by atoms with E-state index in [1.807, 2.05) is 4.57 Å². The Kier molecular flexibility index (Phi) is 2.65. The van der Waals surface area contributed by atoms with Crippen molar-refractivity contribution in [1.29, 1.82) is 0 Å². The van der Waals surface area contributed by atoms with E-state index < -0.39 is 11.4 Å². The molecule has 1 aromatic rings. The number of nitrogens with two attached hydrogens (primary N) is 1. The van der Waals surface area contributed by atoms with Gasteiger partial charge in [-0.25, -0.2) is 0 Å². The molecule has 98 valence electrons. The van der Waals surface area contributed by atoms with Gasteiger partial charge in [-0.3, -0.25) is 9.59 Å². The van der Waals surface area contributed by atoms with Gasteiger partial charge in [0.15, 0.2) is 5.78 Å². The molecule has 4 nitrogen and oxygen atoms in total. The molecule has 0 aromatic carbocycles. The van der Waals surface area contributed by atoms with E-state index in [1.165, 1.54) is 0 Å². The zero-order valence-corrected chi connectivity index (χ0v) is 11.4. The molecule has 1 aromatic heterocycles. The lowest BCUT2D eigenvalue weighted by atomic mass is 9.76. The fourth-order valence-corrected chi connectivity index (χ4v) is 2.59. The second-order valence-electron chi connectivity index (χ2n) is 6.41. The van der Waals surface area contributed by atoms with Gasteiger partial charge < -0.3 is 10.3 Å². The van der Waals surface area contributed by atoms with Gasteiger partial charge in [0.1, 0.15) is 5.54 Å². The molecular weight excluding hydrogens is 228 g/mol. The lowest BCUT2D eigenvalue weighted by Gasteiger charge is -2.33. The molecule has 2 N–H and O–H groups in total. The Morgan fingerprint density at radius 3 is 2.56 bits per heavy atom. The lowest BCUT2D eigenvalue weighted by molar-refractivity contribution is -0.125. The zero-order chi connectivity index (χ0) is 13.7. The monoisotopic (exact) mass is 248 g/mol. The largest absolute Gasteiger partial charge is 0.368 e. The van der Waals surface area contributed by atoms with Crippen molar-refractivity contribution >= 4 is 11.7 Å². The molecule has 1 aliphatic carbocycles. The summed E-state index contributed by atoms with van der Waals surface area (Å²) < 4.78 is 1.85. The summed E-state index contributed by atoms with van der Waals surface area (Å²) in [5, 5.41) is 0. The first-order valence-electron chi connectivity index (χ1n) is 6.19. The van der Waals surface area contributed by atoms with Gasteiger partial charge in [-0.15, -0.1) is 0 Å². The molecule has 1 aliphatic rings. The van der Waals surface area contributed by atoms with Crippen molar-refractivity contribution < 1.29 is 9.59 Å². The molecule has 0 atom stereocenters. The molecule has 1 amide bonds. The molecule has 0 spiro atoms. The van der Waals surface area contributed by atoms with Crippen LogP contribution in [0.5, 0.6) is 0 Å². The van der Waals surface area contributed by atoms with Crippen molar-refractivity contribution in [1.82, 2.24) is 4.57 Å². The van der Waals surface area contributed by atoms with Crippen LogP contribution in [-0.2, 0) is 16.8 Å². The molecule has 0 aliphatic heterocycles. The predicted molar refractivity (Wildman–Crippen MR) is 69.4 cm³/mol. The van der Waals surface area contributed by atoms with Crippen LogP contribution in [0.15, 0.2) is 12.3 Å². The van der Waals surface area contributed by atoms with E-state index >= 15 is 0 Å². The number of carbonyl (C=O) groups excluding carboxylic acids is 2. The summed E-state index contributed by atoms with van der Waals surface area (Å²) in [5.41, 5.74) is 6.26. The normalized spacial score (nSPS) is 18.6. The van der Waals surface area contributed by atoms with Crippen LogP contribution in [0, 0.1) is 5.41 Å². The van der Waals surface area contributed by atoms with Crippen molar-refractivity contribution in [2.75, 3.05) is 0 Å². The van der Waals surface area contributed by atoms with Crippen molar-refractivity contribution in [2.45, 2.75) is 46.1 Å². The van der Waals surface area contributed by atoms with Crippen molar-refractivity contribution in [3.8, 4) is 0 Å². The van der Waals surface area contributed by atoms with E-state index in [0.29, 0.717) is 6.42 Å². The van der Waals surface area contributed by atoms with Crippen molar-refractivity contribution in [3.63, 3.8) is 0 Å². The van der Waals surface area contributed by atoms with Crippen LogP contribution in [0.4, 0.5) is 0 Å². The van der Waals surface area contributed by atoms with E-state index in [4.69, 9.17) is 5.73 Å². The average molecular weight is 248 g/mol. The first kappa shape index (κ1) is 12.9. The number of hydrogen-bond donors (Lipinski definition) is 1. The third kappa shape index (κ3) is 1.85. The molecule has 0 saturated heterocycles. The maximum atomic E-state index is 12.1. The van der Waals surface area contributed by atoms with Crippen molar-refractivity contribution in [2.24, 2.45) is 11.1 Å². The summed E-state index contributed by atoms with van der Waals surface area (Å²) in [6, 6.07) is 1.80. The van der Waals surface area contributed by atoms with Gasteiger partial charge in [-0.2, -0.15) is 0 Å². The molecular formula is C14H20N2O2. The fourth-order valence-electron chi connectivity index (χ4n) is 2.59. The van der Waals surface area contributed by atoms with E-state index in [1.54, 1.807) is 26.1 Å². The Hall–Kier alpha value is -1.58. The topological polar surface area (TPSA) is 65.1 Å². The Labute approximate surface area is 107 Å². The number of hydrogen-bond acceptors (Lipinski definition) is 2. The van der Waals surface area contributed by atoms with Crippen LogP contribution in [0.1, 0.15) is 50.2 Å². The molecule has 1 heterocycles. The summed E-state index contributed by atoms with van der Waals surface area (Å²) in [6.45, 7) is 7.70. The third-order valence-electron chi connectivity index (χ3n) is 3.78. The van der Waals surface area contributed by atoms with Gasteiger partial charge in [0, 0.05) is 23.9 Å². The highest BCUT2D eigenvalue weighted by Gasteiger charge is 2.37.